The lowest BCUT2D eigenvalue weighted by Crippen LogP contribution is -2.16. The molecule has 4 heteroatoms. The number of carbonyl (C=O) groups is 2. The highest BCUT2D eigenvalue weighted by Crippen LogP contribution is 2.29. The molecule has 0 unspecified atom stereocenters. The van der Waals surface area contributed by atoms with Crippen LogP contribution >= 0.6 is 11.8 Å². The van der Waals surface area contributed by atoms with E-state index < -0.39 is 0 Å². The van der Waals surface area contributed by atoms with Crippen molar-refractivity contribution in [3.05, 3.63) is 35.9 Å². The highest BCUT2D eigenvalue weighted by Gasteiger charge is 2.35. The average Bonchev–Trinajstić information content (AvgIpc) is 2.62. The molecule has 84 valence electrons. The molecule has 0 aliphatic carbocycles. The number of thioether (sulfide) groups is 1. The Morgan fingerprint density at radius 1 is 1.38 bits per heavy atom. The van der Waals surface area contributed by atoms with Crippen molar-refractivity contribution >= 4 is 22.8 Å². The van der Waals surface area contributed by atoms with Gasteiger partial charge in [0, 0.05) is 5.56 Å². The first-order chi connectivity index (χ1) is 7.68. The van der Waals surface area contributed by atoms with Crippen molar-refractivity contribution in [3.63, 3.8) is 0 Å². The molecule has 0 radical (unpaired) electrons. The molecule has 2 atom stereocenters. The zero-order valence-corrected chi connectivity index (χ0v) is 9.70. The van der Waals surface area contributed by atoms with Crippen molar-refractivity contribution in [1.29, 1.82) is 0 Å². The van der Waals surface area contributed by atoms with Gasteiger partial charge in [0.25, 0.3) is 0 Å². The predicted molar refractivity (Wildman–Crippen MR) is 62.3 cm³/mol. The van der Waals surface area contributed by atoms with Gasteiger partial charge < -0.3 is 4.74 Å². The van der Waals surface area contributed by atoms with E-state index in [1.165, 1.54) is 11.8 Å². The molecular weight excluding hydrogens is 224 g/mol. The molecule has 2 rings (SSSR count). The topological polar surface area (TPSA) is 43.4 Å². The first-order valence-corrected chi connectivity index (χ1v) is 5.99. The van der Waals surface area contributed by atoms with Crippen LogP contribution in [-0.2, 0) is 9.53 Å². The fourth-order valence-electron chi connectivity index (χ4n) is 1.51. The summed E-state index contributed by atoms with van der Waals surface area (Å²) in [4.78, 5) is 23.0. The Morgan fingerprint density at radius 2 is 2.06 bits per heavy atom. The summed E-state index contributed by atoms with van der Waals surface area (Å²) in [5.74, 6) is -0.406. The maximum absolute atomic E-state index is 11.8. The van der Waals surface area contributed by atoms with E-state index in [1.54, 1.807) is 19.1 Å². The van der Waals surface area contributed by atoms with Crippen molar-refractivity contribution in [2.24, 2.45) is 5.92 Å². The number of esters is 1. The van der Waals surface area contributed by atoms with E-state index in [-0.39, 0.29) is 22.3 Å². The summed E-state index contributed by atoms with van der Waals surface area (Å²) < 4.78 is 4.90. The number of carbonyl (C=O) groups excluding carboxylic acids is 2. The quantitative estimate of drug-likeness (QED) is 0.738. The van der Waals surface area contributed by atoms with Crippen LogP contribution in [0.2, 0.25) is 0 Å². The first kappa shape index (κ1) is 11.2. The molecule has 0 N–H and O–H groups in total. The zero-order valence-electron chi connectivity index (χ0n) is 8.88. The Kier molecular flexibility index (Phi) is 3.29. The zero-order chi connectivity index (χ0) is 11.5. The van der Waals surface area contributed by atoms with Gasteiger partial charge in [0.1, 0.15) is 6.61 Å². The summed E-state index contributed by atoms with van der Waals surface area (Å²) in [6.07, 6.45) is 0. The highest BCUT2D eigenvalue weighted by molar-refractivity contribution is 8.14. The van der Waals surface area contributed by atoms with Crippen LogP contribution in [0.4, 0.5) is 0 Å². The second-order valence-electron chi connectivity index (χ2n) is 3.73. The monoisotopic (exact) mass is 236 g/mol. The molecule has 0 spiro atoms. The molecule has 0 bridgehead atoms. The summed E-state index contributed by atoms with van der Waals surface area (Å²) in [5, 5.41) is -0.0593. The van der Waals surface area contributed by atoms with E-state index in [4.69, 9.17) is 4.74 Å². The van der Waals surface area contributed by atoms with Gasteiger partial charge in [-0.25, -0.2) is 0 Å². The largest absolute Gasteiger partial charge is 0.464 e. The number of hydrogen-bond acceptors (Lipinski definition) is 4. The minimum atomic E-state index is -0.210. The van der Waals surface area contributed by atoms with Crippen molar-refractivity contribution < 1.29 is 14.3 Å². The molecule has 1 aliphatic rings. The van der Waals surface area contributed by atoms with Crippen LogP contribution in [0, 0.1) is 5.92 Å². The van der Waals surface area contributed by atoms with Crippen LogP contribution in [0.3, 0.4) is 0 Å². The van der Waals surface area contributed by atoms with Gasteiger partial charge in [0.2, 0.25) is 5.12 Å². The van der Waals surface area contributed by atoms with Gasteiger partial charge in [0.15, 0.2) is 0 Å². The molecule has 1 heterocycles. The van der Waals surface area contributed by atoms with Gasteiger partial charge in [-0.3, -0.25) is 9.59 Å². The van der Waals surface area contributed by atoms with Crippen LogP contribution < -0.4 is 0 Å². The predicted octanol–water partition coefficient (Wildman–Crippen LogP) is 2.12. The molecule has 1 aliphatic heterocycles. The number of ether oxygens (including phenoxy) is 1. The standard InChI is InChI=1S/C12H12O3S/c1-8-10(7-15-11(8)13)16-12(14)9-5-3-2-4-6-9/h2-6,8,10H,7H2,1H3/t8-,10-/m1/s1. The van der Waals surface area contributed by atoms with Crippen molar-refractivity contribution in [1.82, 2.24) is 0 Å². The van der Waals surface area contributed by atoms with E-state index in [0.717, 1.165) is 0 Å². The second-order valence-corrected chi connectivity index (χ2v) is 4.94. The summed E-state index contributed by atoms with van der Waals surface area (Å²) in [5.41, 5.74) is 0.666. The fraction of sp³-hybridized carbons (Fsp3) is 0.333. The van der Waals surface area contributed by atoms with E-state index in [1.807, 2.05) is 18.2 Å². The normalized spacial score (nSPS) is 24.2. The van der Waals surface area contributed by atoms with E-state index in [0.29, 0.717) is 12.2 Å². The Morgan fingerprint density at radius 3 is 2.62 bits per heavy atom. The summed E-state index contributed by atoms with van der Waals surface area (Å²) >= 11 is 1.19. The number of cyclic esters (lactones) is 1. The summed E-state index contributed by atoms with van der Waals surface area (Å²) in [6, 6.07) is 9.07. The number of rotatable bonds is 2. The third kappa shape index (κ3) is 2.27. The number of hydrogen-bond donors (Lipinski definition) is 0. The lowest BCUT2D eigenvalue weighted by molar-refractivity contribution is -0.140. The molecule has 0 saturated carbocycles. The Bertz CT molecular complexity index is 402. The third-order valence-corrected chi connectivity index (χ3v) is 3.88. The molecule has 1 aromatic rings. The Hall–Kier alpha value is -1.29. The molecule has 0 amide bonds. The molecule has 1 saturated heterocycles. The highest BCUT2D eigenvalue weighted by atomic mass is 32.2. The van der Waals surface area contributed by atoms with Crippen LogP contribution in [0.5, 0.6) is 0 Å². The third-order valence-electron chi connectivity index (χ3n) is 2.59. The Labute approximate surface area is 98.2 Å². The maximum atomic E-state index is 11.8. The van der Waals surface area contributed by atoms with Crippen molar-refractivity contribution in [2.45, 2.75) is 12.2 Å². The summed E-state index contributed by atoms with van der Waals surface area (Å²) in [7, 11) is 0. The minimum absolute atomic E-state index is 0.00394. The average molecular weight is 236 g/mol. The fourth-order valence-corrected chi connectivity index (χ4v) is 2.51. The van der Waals surface area contributed by atoms with E-state index in [2.05, 4.69) is 0 Å². The molecule has 3 nitrogen and oxygen atoms in total. The molecule has 1 aromatic carbocycles. The van der Waals surface area contributed by atoms with Crippen molar-refractivity contribution in [2.75, 3.05) is 6.61 Å². The van der Waals surface area contributed by atoms with Gasteiger partial charge in [-0.15, -0.1) is 0 Å². The van der Waals surface area contributed by atoms with Crippen LogP contribution in [-0.4, -0.2) is 22.9 Å². The van der Waals surface area contributed by atoms with Gasteiger partial charge in [-0.05, 0) is 0 Å². The van der Waals surface area contributed by atoms with Crippen molar-refractivity contribution in [3.8, 4) is 0 Å². The van der Waals surface area contributed by atoms with Gasteiger partial charge >= 0.3 is 5.97 Å². The second kappa shape index (κ2) is 4.70. The number of benzene rings is 1. The smallest absolute Gasteiger partial charge is 0.309 e. The molecule has 1 fully saturated rings. The molecule has 0 aromatic heterocycles. The summed E-state index contributed by atoms with van der Waals surface area (Å²) in [6.45, 7) is 2.13. The lowest BCUT2D eigenvalue weighted by atomic mass is 10.1. The van der Waals surface area contributed by atoms with Gasteiger partial charge in [-0.1, -0.05) is 49.0 Å². The van der Waals surface area contributed by atoms with Gasteiger partial charge in [-0.2, -0.15) is 0 Å². The molecule has 16 heavy (non-hydrogen) atoms. The lowest BCUT2D eigenvalue weighted by Gasteiger charge is -2.08. The first-order valence-electron chi connectivity index (χ1n) is 5.11. The van der Waals surface area contributed by atoms with Gasteiger partial charge in [0.05, 0.1) is 11.2 Å². The van der Waals surface area contributed by atoms with Crippen LogP contribution in [0.1, 0.15) is 17.3 Å². The SMILES string of the molecule is C[C@H]1C(=O)OC[C@H]1SC(=O)c1ccccc1. The van der Waals surface area contributed by atoms with E-state index in [9.17, 15) is 9.59 Å². The maximum Gasteiger partial charge on any atom is 0.309 e. The Balaban J connectivity index is 2.01. The van der Waals surface area contributed by atoms with Crippen LogP contribution in [0.25, 0.3) is 0 Å². The van der Waals surface area contributed by atoms with Crippen LogP contribution in [0.15, 0.2) is 30.3 Å². The minimum Gasteiger partial charge on any atom is -0.464 e. The van der Waals surface area contributed by atoms with E-state index >= 15 is 0 Å². The molecular formula is C12H12O3S.